The third-order valence-corrected chi connectivity index (χ3v) is 11.1. The van der Waals surface area contributed by atoms with Gasteiger partial charge in [-0.15, -0.1) is 0 Å². The van der Waals surface area contributed by atoms with Gasteiger partial charge in [0.05, 0.1) is 5.69 Å². The van der Waals surface area contributed by atoms with Gasteiger partial charge in [-0.05, 0) is 95.9 Å². The van der Waals surface area contributed by atoms with Crippen LogP contribution in [0.4, 0.5) is 0 Å². The van der Waals surface area contributed by atoms with Crippen LogP contribution in [0.3, 0.4) is 0 Å². The largest absolute Gasteiger partial charge is 0.343 e. The molecule has 1 nitrogen and oxygen atoms in total. The van der Waals surface area contributed by atoms with Gasteiger partial charge in [-0.2, -0.15) is 0 Å². The highest BCUT2D eigenvalue weighted by molar-refractivity contribution is 6.22. The molecular formula is C52H37N. The summed E-state index contributed by atoms with van der Waals surface area (Å²) in [5, 5.41) is 8.83. The molecule has 10 aromatic rings. The normalized spacial score (nSPS) is 11.6. The maximum Gasteiger partial charge on any atom is 0.0568 e. The Balaban J connectivity index is 1.17. The van der Waals surface area contributed by atoms with E-state index < -0.39 is 0 Å². The van der Waals surface area contributed by atoms with Crippen molar-refractivity contribution in [3.05, 3.63) is 194 Å². The molecule has 0 saturated heterocycles. The highest BCUT2D eigenvalue weighted by atomic mass is 15.0. The van der Waals surface area contributed by atoms with Gasteiger partial charge < -0.3 is 4.57 Å². The van der Waals surface area contributed by atoms with E-state index in [1.807, 2.05) is 0 Å². The molecule has 1 heterocycles. The number of aromatic nitrogens is 1. The number of aryl methyl sites for hydroxylation is 2. The lowest BCUT2D eigenvalue weighted by Crippen LogP contribution is -1.93. The molecule has 0 aliphatic carbocycles. The summed E-state index contributed by atoms with van der Waals surface area (Å²) >= 11 is 0. The van der Waals surface area contributed by atoms with Crippen LogP contribution in [-0.2, 0) is 7.05 Å². The molecule has 0 atom stereocenters. The lowest BCUT2D eigenvalue weighted by molar-refractivity contribution is 0.979. The van der Waals surface area contributed by atoms with Crippen molar-refractivity contribution in [3.8, 4) is 55.8 Å². The van der Waals surface area contributed by atoms with Crippen LogP contribution in [0.1, 0.15) is 5.56 Å². The Morgan fingerprint density at radius 1 is 0.321 bits per heavy atom. The molecular weight excluding hydrogens is 639 g/mol. The Hall–Kier alpha value is -6.70. The van der Waals surface area contributed by atoms with Gasteiger partial charge in [0, 0.05) is 23.5 Å². The lowest BCUT2D eigenvalue weighted by atomic mass is 9.85. The second kappa shape index (κ2) is 12.5. The first kappa shape index (κ1) is 31.1. The Kier molecular flexibility index (Phi) is 7.33. The van der Waals surface area contributed by atoms with Gasteiger partial charge >= 0.3 is 0 Å². The second-order valence-corrected chi connectivity index (χ2v) is 14.2. The molecule has 1 aromatic heterocycles. The molecule has 0 saturated carbocycles. The van der Waals surface area contributed by atoms with Crippen molar-refractivity contribution < 1.29 is 0 Å². The monoisotopic (exact) mass is 675 g/mol. The topological polar surface area (TPSA) is 4.93 Å². The van der Waals surface area contributed by atoms with E-state index in [1.165, 1.54) is 105 Å². The lowest BCUT2D eigenvalue weighted by Gasteiger charge is -2.18. The number of nitrogens with zero attached hydrogens (tertiary/aromatic N) is 1. The summed E-state index contributed by atoms with van der Waals surface area (Å²) in [6.07, 6.45) is 0. The molecule has 10 rings (SSSR count). The Morgan fingerprint density at radius 3 is 1.47 bits per heavy atom. The zero-order chi connectivity index (χ0) is 35.5. The van der Waals surface area contributed by atoms with Crippen LogP contribution >= 0.6 is 0 Å². The SMILES string of the molecule is Cc1ccc(-c2c(-c3ccccc3)n(C)c3cc(-c4c5ccccc5c(-c5ccc(-c6ccc7ccccc7c6)cc5)c5ccccc45)ccc23)cc1. The molecule has 0 N–H and O–H groups in total. The fourth-order valence-electron chi connectivity index (χ4n) is 8.49. The number of hydrogen-bond donors (Lipinski definition) is 0. The average molecular weight is 676 g/mol. The first-order valence-corrected chi connectivity index (χ1v) is 18.4. The van der Waals surface area contributed by atoms with Gasteiger partial charge in [-0.25, -0.2) is 0 Å². The third kappa shape index (κ3) is 5.16. The van der Waals surface area contributed by atoms with E-state index in [1.54, 1.807) is 0 Å². The van der Waals surface area contributed by atoms with Gasteiger partial charge in [-0.1, -0.05) is 181 Å². The summed E-state index contributed by atoms with van der Waals surface area (Å²) in [6, 6.07) is 69.2. The molecule has 0 bridgehead atoms. The number of benzene rings is 9. The van der Waals surface area contributed by atoms with Crippen molar-refractivity contribution in [1.82, 2.24) is 4.57 Å². The molecule has 0 aliphatic rings. The van der Waals surface area contributed by atoms with Crippen molar-refractivity contribution in [1.29, 1.82) is 0 Å². The van der Waals surface area contributed by atoms with Crippen LogP contribution in [0, 0.1) is 6.92 Å². The predicted molar refractivity (Wildman–Crippen MR) is 227 cm³/mol. The van der Waals surface area contributed by atoms with E-state index in [9.17, 15) is 0 Å². The van der Waals surface area contributed by atoms with E-state index in [0.717, 1.165) is 0 Å². The molecule has 1 heteroatoms. The van der Waals surface area contributed by atoms with Crippen LogP contribution < -0.4 is 0 Å². The quantitative estimate of drug-likeness (QED) is 0.160. The molecule has 0 radical (unpaired) electrons. The zero-order valence-electron chi connectivity index (χ0n) is 29.8. The van der Waals surface area contributed by atoms with E-state index in [-0.39, 0.29) is 0 Å². The second-order valence-electron chi connectivity index (χ2n) is 14.2. The van der Waals surface area contributed by atoms with Crippen LogP contribution in [0.5, 0.6) is 0 Å². The van der Waals surface area contributed by atoms with Crippen LogP contribution in [0.2, 0.25) is 0 Å². The van der Waals surface area contributed by atoms with Crippen molar-refractivity contribution in [3.63, 3.8) is 0 Å². The summed E-state index contributed by atoms with van der Waals surface area (Å²) in [5.74, 6) is 0. The van der Waals surface area contributed by atoms with Crippen molar-refractivity contribution in [2.45, 2.75) is 6.92 Å². The van der Waals surface area contributed by atoms with Crippen LogP contribution in [0.25, 0.3) is 99.0 Å². The van der Waals surface area contributed by atoms with Gasteiger partial charge in [0.1, 0.15) is 0 Å². The minimum atomic E-state index is 1.22. The number of fused-ring (bicyclic) bond motifs is 4. The molecule has 0 unspecified atom stereocenters. The van der Waals surface area contributed by atoms with Crippen molar-refractivity contribution >= 4 is 43.2 Å². The highest BCUT2D eigenvalue weighted by Crippen LogP contribution is 2.46. The van der Waals surface area contributed by atoms with E-state index in [4.69, 9.17) is 0 Å². The highest BCUT2D eigenvalue weighted by Gasteiger charge is 2.21. The van der Waals surface area contributed by atoms with Crippen LogP contribution in [0.15, 0.2) is 188 Å². The number of hydrogen-bond acceptors (Lipinski definition) is 0. The van der Waals surface area contributed by atoms with E-state index in [0.29, 0.717) is 0 Å². The fourth-order valence-corrected chi connectivity index (χ4v) is 8.49. The summed E-state index contributed by atoms with van der Waals surface area (Å²) in [6.45, 7) is 2.15. The molecule has 0 aliphatic heterocycles. The molecule has 0 fully saturated rings. The van der Waals surface area contributed by atoms with E-state index in [2.05, 4.69) is 207 Å². The molecule has 250 valence electrons. The van der Waals surface area contributed by atoms with Gasteiger partial charge in [-0.3, -0.25) is 0 Å². The Bertz CT molecular complexity index is 2930. The average Bonchev–Trinajstić information content (AvgIpc) is 3.51. The summed E-state index contributed by atoms with van der Waals surface area (Å²) in [4.78, 5) is 0. The minimum absolute atomic E-state index is 1.22. The molecule has 0 amide bonds. The summed E-state index contributed by atoms with van der Waals surface area (Å²) < 4.78 is 2.39. The Morgan fingerprint density at radius 2 is 0.811 bits per heavy atom. The summed E-state index contributed by atoms with van der Waals surface area (Å²) in [5.41, 5.74) is 14.9. The maximum atomic E-state index is 2.41. The fraction of sp³-hybridized carbons (Fsp3) is 0.0385. The van der Waals surface area contributed by atoms with Crippen molar-refractivity contribution in [2.75, 3.05) is 0 Å². The Labute approximate surface area is 310 Å². The van der Waals surface area contributed by atoms with Crippen LogP contribution in [-0.4, -0.2) is 4.57 Å². The van der Waals surface area contributed by atoms with E-state index >= 15 is 0 Å². The minimum Gasteiger partial charge on any atom is -0.343 e. The molecule has 0 spiro atoms. The molecule has 9 aromatic carbocycles. The standard InChI is InChI=1S/C52H37N/c1-34-20-22-38(23-21-34)51-47-31-30-42(33-48(47)53(2)52(51)39-13-4-3-5-14-39)50-45-18-10-8-16-43(45)49(44-17-9-11-19-46(44)50)37-27-24-36(25-28-37)41-29-26-35-12-6-7-15-40(35)32-41/h3-33H,1-2H3. The summed E-state index contributed by atoms with van der Waals surface area (Å²) in [7, 11) is 2.22. The first-order valence-electron chi connectivity index (χ1n) is 18.4. The zero-order valence-corrected chi connectivity index (χ0v) is 29.8. The van der Waals surface area contributed by atoms with Gasteiger partial charge in [0.2, 0.25) is 0 Å². The van der Waals surface area contributed by atoms with Crippen molar-refractivity contribution in [2.24, 2.45) is 7.05 Å². The third-order valence-electron chi connectivity index (χ3n) is 11.1. The maximum absolute atomic E-state index is 2.41. The van der Waals surface area contributed by atoms with Gasteiger partial charge in [0.25, 0.3) is 0 Å². The number of rotatable bonds is 5. The predicted octanol–water partition coefficient (Wildman–Crippen LogP) is 14.3. The molecule has 53 heavy (non-hydrogen) atoms. The first-order chi connectivity index (χ1) is 26.1. The smallest absolute Gasteiger partial charge is 0.0568 e. The van der Waals surface area contributed by atoms with Gasteiger partial charge in [0.15, 0.2) is 0 Å².